The maximum absolute atomic E-state index is 14.1. The lowest BCUT2D eigenvalue weighted by Crippen LogP contribution is -2.33. The van der Waals surface area contributed by atoms with Crippen LogP contribution in [0.15, 0.2) is 42.9 Å². The summed E-state index contributed by atoms with van der Waals surface area (Å²) in [4.78, 5) is 19.1. The summed E-state index contributed by atoms with van der Waals surface area (Å²) in [7, 11) is 1.75. The molecule has 0 radical (unpaired) electrons. The Morgan fingerprint density at radius 3 is 2.90 bits per heavy atom. The Kier molecular flexibility index (Phi) is 5.86. The van der Waals surface area contributed by atoms with Gasteiger partial charge in [-0.3, -0.25) is 9.78 Å². The van der Waals surface area contributed by atoms with Gasteiger partial charge in [0.2, 0.25) is 0 Å². The Morgan fingerprint density at radius 2 is 2.10 bits per heavy atom. The number of hydrogen-bond acceptors (Lipinski definition) is 3. The van der Waals surface area contributed by atoms with E-state index >= 15 is 0 Å². The number of hydrogen-bond donors (Lipinski definition) is 1. The Labute approximate surface area is 176 Å². The molecule has 158 valence electrons. The molecule has 0 bridgehead atoms. The number of benzene rings is 1. The molecule has 1 fully saturated rings. The molecular formula is C24H29FN4O. The smallest absolute Gasteiger partial charge is 0.256 e. The van der Waals surface area contributed by atoms with Crippen LogP contribution >= 0.6 is 0 Å². The van der Waals surface area contributed by atoms with Crippen LogP contribution in [0, 0.1) is 5.82 Å². The van der Waals surface area contributed by atoms with Crippen LogP contribution in [0.5, 0.6) is 0 Å². The molecule has 1 unspecified atom stereocenters. The van der Waals surface area contributed by atoms with Gasteiger partial charge in [-0.1, -0.05) is 0 Å². The van der Waals surface area contributed by atoms with Gasteiger partial charge in [0.05, 0.1) is 23.0 Å². The van der Waals surface area contributed by atoms with Crippen LogP contribution in [0.1, 0.15) is 54.9 Å². The van der Waals surface area contributed by atoms with Crippen LogP contribution in [0.25, 0.3) is 16.6 Å². The van der Waals surface area contributed by atoms with Gasteiger partial charge in [0, 0.05) is 30.9 Å². The Morgan fingerprint density at radius 1 is 1.27 bits per heavy atom. The fraction of sp³-hybridized carbons (Fsp3) is 0.417. The van der Waals surface area contributed by atoms with E-state index in [1.165, 1.54) is 17.7 Å². The predicted molar refractivity (Wildman–Crippen MR) is 118 cm³/mol. The van der Waals surface area contributed by atoms with E-state index in [1.807, 2.05) is 36.9 Å². The highest BCUT2D eigenvalue weighted by molar-refractivity contribution is 5.99. The highest BCUT2D eigenvalue weighted by Crippen LogP contribution is 2.35. The maximum atomic E-state index is 14.1. The molecule has 1 aliphatic rings. The van der Waals surface area contributed by atoms with Gasteiger partial charge in [0.1, 0.15) is 5.82 Å². The van der Waals surface area contributed by atoms with Crippen LogP contribution in [0.3, 0.4) is 0 Å². The minimum atomic E-state index is -0.413. The molecule has 1 N–H and O–H groups in total. The Bertz CT molecular complexity index is 1050. The molecule has 1 aliphatic heterocycles. The summed E-state index contributed by atoms with van der Waals surface area (Å²) in [6.07, 6.45) is 9.11. The molecule has 1 atom stereocenters. The van der Waals surface area contributed by atoms with Crippen molar-refractivity contribution in [3.8, 4) is 5.69 Å². The number of nitrogens with one attached hydrogen (secondary N) is 1. The van der Waals surface area contributed by atoms with Crippen molar-refractivity contribution in [2.45, 2.75) is 45.1 Å². The Hall–Kier alpha value is -2.73. The molecule has 5 nitrogen and oxygen atoms in total. The SMILES string of the molecule is CC(C)N(C)C(=O)c1cc(F)ccc1-n1cc(C2CCCNCC2)c2ccncc21. The number of pyridine rings is 1. The number of rotatable bonds is 4. The molecule has 3 heterocycles. The second-order valence-electron chi connectivity index (χ2n) is 8.40. The summed E-state index contributed by atoms with van der Waals surface area (Å²) >= 11 is 0. The zero-order valence-electron chi connectivity index (χ0n) is 17.9. The van der Waals surface area contributed by atoms with E-state index in [-0.39, 0.29) is 11.9 Å². The average Bonchev–Trinajstić information content (AvgIpc) is 2.92. The molecule has 0 spiro atoms. The average molecular weight is 409 g/mol. The molecule has 6 heteroatoms. The van der Waals surface area contributed by atoms with Gasteiger partial charge in [-0.15, -0.1) is 0 Å². The monoisotopic (exact) mass is 408 g/mol. The van der Waals surface area contributed by atoms with E-state index < -0.39 is 5.82 Å². The third kappa shape index (κ3) is 3.84. The van der Waals surface area contributed by atoms with Gasteiger partial charge in [-0.25, -0.2) is 4.39 Å². The molecular weight excluding hydrogens is 379 g/mol. The normalized spacial score (nSPS) is 17.3. The van der Waals surface area contributed by atoms with Gasteiger partial charge in [-0.05, 0) is 81.9 Å². The van der Waals surface area contributed by atoms with E-state index in [1.54, 1.807) is 18.0 Å². The van der Waals surface area contributed by atoms with Crippen molar-refractivity contribution < 1.29 is 9.18 Å². The van der Waals surface area contributed by atoms with E-state index in [4.69, 9.17) is 0 Å². The highest BCUT2D eigenvalue weighted by Gasteiger charge is 2.24. The molecule has 0 aliphatic carbocycles. The first-order chi connectivity index (χ1) is 14.5. The lowest BCUT2D eigenvalue weighted by molar-refractivity contribution is 0.0754. The van der Waals surface area contributed by atoms with Crippen molar-refractivity contribution in [2.24, 2.45) is 0 Å². The number of halogens is 1. The number of amides is 1. The van der Waals surface area contributed by atoms with Crippen molar-refractivity contribution in [3.05, 3.63) is 59.8 Å². The van der Waals surface area contributed by atoms with Crippen LogP contribution < -0.4 is 5.32 Å². The highest BCUT2D eigenvalue weighted by atomic mass is 19.1. The maximum Gasteiger partial charge on any atom is 0.256 e. The summed E-state index contributed by atoms with van der Waals surface area (Å²) in [5, 5.41) is 4.63. The largest absolute Gasteiger partial charge is 0.339 e. The van der Waals surface area contributed by atoms with Crippen molar-refractivity contribution in [1.82, 2.24) is 19.8 Å². The number of fused-ring (bicyclic) bond motifs is 1. The first-order valence-electron chi connectivity index (χ1n) is 10.7. The number of carbonyl (C=O) groups is 1. The molecule has 3 aromatic rings. The van der Waals surface area contributed by atoms with Crippen LogP contribution in [-0.4, -0.2) is 46.5 Å². The van der Waals surface area contributed by atoms with Gasteiger partial charge in [-0.2, -0.15) is 0 Å². The minimum absolute atomic E-state index is 0.0192. The van der Waals surface area contributed by atoms with Gasteiger partial charge < -0.3 is 14.8 Å². The van der Waals surface area contributed by atoms with E-state index in [0.717, 1.165) is 43.3 Å². The topological polar surface area (TPSA) is 50.2 Å². The molecule has 4 rings (SSSR count). The van der Waals surface area contributed by atoms with E-state index in [0.29, 0.717) is 17.2 Å². The standard InChI is InChI=1S/C24H29FN4O/c1-16(2)28(3)24(30)20-13-18(25)6-7-22(20)29-15-21(17-5-4-10-26-11-8-17)19-9-12-27-14-23(19)29/h6-7,9,12-17,26H,4-5,8,10-11H2,1-3H3. The van der Waals surface area contributed by atoms with Gasteiger partial charge in [0.15, 0.2) is 0 Å². The fourth-order valence-corrected chi connectivity index (χ4v) is 4.27. The first-order valence-corrected chi connectivity index (χ1v) is 10.7. The lowest BCUT2D eigenvalue weighted by atomic mass is 9.92. The molecule has 0 saturated carbocycles. The van der Waals surface area contributed by atoms with Crippen molar-refractivity contribution in [2.75, 3.05) is 20.1 Å². The third-order valence-electron chi connectivity index (χ3n) is 6.20. The molecule has 1 amide bonds. The van der Waals surface area contributed by atoms with Crippen LogP contribution in [0.2, 0.25) is 0 Å². The van der Waals surface area contributed by atoms with Crippen molar-refractivity contribution in [1.29, 1.82) is 0 Å². The summed E-state index contributed by atoms with van der Waals surface area (Å²) in [5.74, 6) is -0.154. The van der Waals surface area contributed by atoms with E-state index in [2.05, 4.69) is 16.5 Å². The van der Waals surface area contributed by atoms with Gasteiger partial charge >= 0.3 is 0 Å². The molecule has 2 aromatic heterocycles. The number of aromatic nitrogens is 2. The second kappa shape index (κ2) is 8.56. The van der Waals surface area contributed by atoms with Gasteiger partial charge in [0.25, 0.3) is 5.91 Å². The summed E-state index contributed by atoms with van der Waals surface area (Å²) < 4.78 is 16.2. The van der Waals surface area contributed by atoms with E-state index in [9.17, 15) is 9.18 Å². The zero-order chi connectivity index (χ0) is 21.3. The van der Waals surface area contributed by atoms with Crippen molar-refractivity contribution in [3.63, 3.8) is 0 Å². The fourth-order valence-electron chi connectivity index (χ4n) is 4.27. The summed E-state index contributed by atoms with van der Waals surface area (Å²) in [6.45, 7) is 5.95. The second-order valence-corrected chi connectivity index (χ2v) is 8.40. The minimum Gasteiger partial charge on any atom is -0.339 e. The molecule has 1 aromatic carbocycles. The van der Waals surface area contributed by atoms with Crippen LogP contribution in [0.4, 0.5) is 4.39 Å². The zero-order valence-corrected chi connectivity index (χ0v) is 17.9. The summed E-state index contributed by atoms with van der Waals surface area (Å²) in [5.41, 5.74) is 3.26. The Balaban J connectivity index is 1.87. The molecule has 1 saturated heterocycles. The third-order valence-corrected chi connectivity index (χ3v) is 6.20. The number of nitrogens with zero attached hydrogens (tertiary/aromatic N) is 3. The van der Waals surface area contributed by atoms with Crippen molar-refractivity contribution >= 4 is 16.8 Å². The van der Waals surface area contributed by atoms with Crippen LogP contribution in [-0.2, 0) is 0 Å². The quantitative estimate of drug-likeness (QED) is 0.691. The summed E-state index contributed by atoms with van der Waals surface area (Å²) in [6, 6.07) is 6.52. The number of carbonyl (C=O) groups excluding carboxylic acids is 1. The lowest BCUT2D eigenvalue weighted by Gasteiger charge is -2.23. The molecule has 30 heavy (non-hydrogen) atoms. The predicted octanol–water partition coefficient (Wildman–Crippen LogP) is 4.50. The first kappa shape index (κ1) is 20.5.